The van der Waals surface area contributed by atoms with Crippen molar-refractivity contribution >= 4 is 17.3 Å². The predicted molar refractivity (Wildman–Crippen MR) is 156 cm³/mol. The van der Waals surface area contributed by atoms with Gasteiger partial charge in [0.2, 0.25) is 0 Å². The van der Waals surface area contributed by atoms with Gasteiger partial charge in [-0.1, -0.05) is 107 Å². The van der Waals surface area contributed by atoms with Crippen LogP contribution in [0.5, 0.6) is 0 Å². The summed E-state index contributed by atoms with van der Waals surface area (Å²) >= 11 is 1.83. The monoisotopic (exact) mass is 454 g/mol. The molecule has 0 bridgehead atoms. The Balaban J connectivity index is -0.000000398. The fourth-order valence-electron chi connectivity index (χ4n) is 2.21. The van der Waals surface area contributed by atoms with Crippen LogP contribution in [0.2, 0.25) is 0 Å². The molecule has 1 heterocycles. The summed E-state index contributed by atoms with van der Waals surface area (Å²) < 4.78 is 0. The van der Waals surface area contributed by atoms with E-state index in [1.807, 2.05) is 67.2 Å². The Hall–Kier alpha value is -1.99. The molecule has 0 N–H and O–H groups in total. The molecule has 2 aromatic rings. The van der Waals surface area contributed by atoms with E-state index in [0.29, 0.717) is 0 Å². The first-order valence-electron chi connectivity index (χ1n) is 12.0. The van der Waals surface area contributed by atoms with Crippen LogP contribution in [0.1, 0.15) is 91.0 Å². The summed E-state index contributed by atoms with van der Waals surface area (Å²) in [4.78, 5) is 1.40. The minimum absolute atomic E-state index is 1.07. The average Bonchev–Trinajstić information content (AvgIpc) is 2.80. The molecular formula is C31H50S. The molecule has 0 unspecified atom stereocenters. The van der Waals surface area contributed by atoms with E-state index in [9.17, 15) is 0 Å². The molecule has 0 spiro atoms. The normalized spacial score (nSPS) is 10.8. The van der Waals surface area contributed by atoms with Crippen LogP contribution in [0.25, 0.3) is 5.57 Å². The second-order valence-electron chi connectivity index (χ2n) is 6.94. The standard InChI is InChI=1S/C13H14S.C8H10.C4H8.3C2H6/c1-10-4-3-5-12(8-10)13-7-6-11(2)14-9-13;1-7-5-3-4-6-8(7)2;1-4(2)3;3*1-2/h3-6,8-9H,7H2,1-2H3;3-6H,1-2H3;1H2,2-3H3;3*1-2H3. The highest BCUT2D eigenvalue weighted by Gasteiger charge is 2.05. The molecule has 1 aliphatic heterocycles. The van der Waals surface area contributed by atoms with Gasteiger partial charge >= 0.3 is 0 Å². The maximum atomic E-state index is 3.56. The van der Waals surface area contributed by atoms with E-state index < -0.39 is 0 Å². The van der Waals surface area contributed by atoms with Crippen LogP contribution < -0.4 is 0 Å². The van der Waals surface area contributed by atoms with Crippen molar-refractivity contribution < 1.29 is 0 Å². The average molecular weight is 455 g/mol. The lowest BCUT2D eigenvalue weighted by molar-refractivity contribution is 1.34. The van der Waals surface area contributed by atoms with Gasteiger partial charge in [0, 0.05) is 0 Å². The van der Waals surface area contributed by atoms with Crippen molar-refractivity contribution in [3.63, 3.8) is 0 Å². The van der Waals surface area contributed by atoms with Crippen molar-refractivity contribution in [3.05, 3.63) is 99.3 Å². The minimum Gasteiger partial charge on any atom is -0.103 e. The van der Waals surface area contributed by atoms with Crippen LogP contribution in [0.15, 0.2) is 77.1 Å². The molecule has 0 aromatic heterocycles. The van der Waals surface area contributed by atoms with E-state index in [-0.39, 0.29) is 0 Å². The first kappa shape index (κ1) is 34.6. The fourth-order valence-corrected chi connectivity index (χ4v) is 2.95. The summed E-state index contributed by atoms with van der Waals surface area (Å²) in [5, 5.41) is 2.27. The highest BCUT2D eigenvalue weighted by atomic mass is 32.2. The summed E-state index contributed by atoms with van der Waals surface area (Å²) in [6.07, 6.45) is 3.37. The molecular weight excluding hydrogens is 404 g/mol. The lowest BCUT2D eigenvalue weighted by Crippen LogP contribution is -1.87. The van der Waals surface area contributed by atoms with Crippen LogP contribution >= 0.6 is 11.8 Å². The molecule has 0 nitrogen and oxygen atoms in total. The SMILES string of the molecule is C=C(C)C.CC.CC.CC.CC1=CCC(c2cccc(C)c2)=CS1.Cc1ccccc1C. The molecule has 32 heavy (non-hydrogen) atoms. The number of benzene rings is 2. The predicted octanol–water partition coefficient (Wildman–Crippen LogP) is 11.3. The van der Waals surface area contributed by atoms with Gasteiger partial charge in [-0.05, 0) is 80.5 Å². The van der Waals surface area contributed by atoms with Gasteiger partial charge in [-0.2, -0.15) is 0 Å². The third-order valence-corrected chi connectivity index (χ3v) is 4.75. The third kappa shape index (κ3) is 18.8. The highest BCUT2D eigenvalue weighted by Crippen LogP contribution is 2.32. The molecule has 3 rings (SSSR count). The molecule has 0 aliphatic carbocycles. The first-order chi connectivity index (χ1) is 15.3. The van der Waals surface area contributed by atoms with Gasteiger partial charge in [0.05, 0.1) is 0 Å². The van der Waals surface area contributed by atoms with E-state index in [4.69, 9.17) is 0 Å². The van der Waals surface area contributed by atoms with Crippen molar-refractivity contribution in [2.75, 3.05) is 0 Å². The van der Waals surface area contributed by atoms with Gasteiger partial charge in [-0.3, -0.25) is 0 Å². The zero-order valence-corrected chi connectivity index (χ0v) is 23.9. The summed E-state index contributed by atoms with van der Waals surface area (Å²) in [6.45, 7) is 28.0. The van der Waals surface area contributed by atoms with Crippen molar-refractivity contribution in [1.82, 2.24) is 0 Å². The Bertz CT molecular complexity index is 754. The smallest absolute Gasteiger partial charge is 0.00754 e. The van der Waals surface area contributed by atoms with Crippen LogP contribution in [0.4, 0.5) is 0 Å². The van der Waals surface area contributed by atoms with Crippen LogP contribution in [0.3, 0.4) is 0 Å². The molecule has 2 aromatic carbocycles. The molecule has 0 amide bonds. The second kappa shape index (κ2) is 23.7. The van der Waals surface area contributed by atoms with Gasteiger partial charge in [-0.25, -0.2) is 0 Å². The number of hydrogen-bond acceptors (Lipinski definition) is 1. The van der Waals surface area contributed by atoms with Crippen molar-refractivity contribution in [2.45, 2.75) is 89.5 Å². The Kier molecular flexibility index (Phi) is 25.6. The highest BCUT2D eigenvalue weighted by molar-refractivity contribution is 8.06. The maximum Gasteiger partial charge on any atom is -0.00754 e. The molecule has 0 saturated heterocycles. The molecule has 1 heteroatoms. The molecule has 0 radical (unpaired) electrons. The summed E-state index contributed by atoms with van der Waals surface area (Å²) in [6, 6.07) is 17.1. The molecule has 1 aliphatic rings. The Morgan fingerprint density at radius 3 is 1.56 bits per heavy atom. The van der Waals surface area contributed by atoms with Gasteiger partial charge in [-0.15, -0.1) is 18.3 Å². The molecule has 0 fully saturated rings. The van der Waals surface area contributed by atoms with Gasteiger partial charge < -0.3 is 0 Å². The van der Waals surface area contributed by atoms with E-state index >= 15 is 0 Å². The van der Waals surface area contributed by atoms with Gasteiger partial charge in [0.25, 0.3) is 0 Å². The van der Waals surface area contributed by atoms with Gasteiger partial charge in [0.1, 0.15) is 0 Å². The minimum atomic E-state index is 1.07. The molecule has 0 atom stereocenters. The maximum absolute atomic E-state index is 3.56. The lowest BCUT2D eigenvalue weighted by Gasteiger charge is -2.11. The topological polar surface area (TPSA) is 0 Å². The first-order valence-corrected chi connectivity index (χ1v) is 12.9. The summed E-state index contributed by atoms with van der Waals surface area (Å²) in [5.74, 6) is 0. The number of allylic oxidation sites excluding steroid dienone is 4. The van der Waals surface area contributed by atoms with Crippen molar-refractivity contribution in [1.29, 1.82) is 0 Å². The lowest BCUT2D eigenvalue weighted by atomic mass is 10.0. The fraction of sp³-hybridized carbons (Fsp3) is 0.419. The number of rotatable bonds is 1. The molecule has 0 saturated carbocycles. The van der Waals surface area contributed by atoms with Crippen LogP contribution in [-0.4, -0.2) is 0 Å². The van der Waals surface area contributed by atoms with Crippen molar-refractivity contribution in [3.8, 4) is 0 Å². The van der Waals surface area contributed by atoms with E-state index in [2.05, 4.69) is 94.3 Å². The van der Waals surface area contributed by atoms with Crippen LogP contribution in [-0.2, 0) is 0 Å². The van der Waals surface area contributed by atoms with E-state index in [0.717, 1.165) is 6.42 Å². The van der Waals surface area contributed by atoms with Crippen molar-refractivity contribution in [2.24, 2.45) is 0 Å². The van der Waals surface area contributed by atoms with E-state index in [1.54, 1.807) is 0 Å². The zero-order chi connectivity index (χ0) is 25.5. The summed E-state index contributed by atoms with van der Waals surface area (Å²) in [5.41, 5.74) is 8.03. The largest absolute Gasteiger partial charge is 0.103 e. The number of aryl methyl sites for hydroxylation is 3. The summed E-state index contributed by atoms with van der Waals surface area (Å²) in [7, 11) is 0. The van der Waals surface area contributed by atoms with Gasteiger partial charge in [0.15, 0.2) is 0 Å². The molecule has 180 valence electrons. The number of thioether (sulfide) groups is 1. The second-order valence-corrected chi connectivity index (χ2v) is 8.06. The Morgan fingerprint density at radius 2 is 1.22 bits per heavy atom. The third-order valence-electron chi connectivity index (χ3n) is 3.81. The quantitative estimate of drug-likeness (QED) is 0.386. The van der Waals surface area contributed by atoms with Crippen LogP contribution in [0, 0.1) is 20.8 Å². The van der Waals surface area contributed by atoms with E-state index in [1.165, 1.54) is 38.3 Å². The zero-order valence-electron chi connectivity index (χ0n) is 23.1. The Labute approximate surface area is 206 Å². The number of hydrogen-bond donors (Lipinski definition) is 0. The Morgan fingerprint density at radius 1 is 0.750 bits per heavy atom.